The highest BCUT2D eigenvalue weighted by molar-refractivity contribution is 7.92. The van der Waals surface area contributed by atoms with Crippen LogP contribution in [-0.4, -0.2) is 44.5 Å². The molecule has 0 spiro atoms. The molecular formula is C26H28N2O5S. The van der Waals surface area contributed by atoms with Gasteiger partial charge in [0.15, 0.2) is 0 Å². The molecule has 1 saturated heterocycles. The molecule has 1 aliphatic rings. The van der Waals surface area contributed by atoms with Gasteiger partial charge >= 0.3 is 0 Å². The molecule has 0 bridgehead atoms. The fourth-order valence-corrected chi connectivity index (χ4v) is 5.30. The average Bonchev–Trinajstić information content (AvgIpc) is 2.88. The lowest BCUT2D eigenvalue weighted by atomic mass is 9.87. The summed E-state index contributed by atoms with van der Waals surface area (Å²) in [6.07, 6.45) is 0.868. The second-order valence-corrected chi connectivity index (χ2v) is 10.00. The number of methoxy groups -OCH3 is 1. The molecule has 1 fully saturated rings. The Morgan fingerprint density at radius 3 is 2.24 bits per heavy atom. The number of anilines is 1. The van der Waals surface area contributed by atoms with Crippen molar-refractivity contribution in [3.8, 4) is 5.75 Å². The zero-order chi connectivity index (χ0) is 24.1. The van der Waals surface area contributed by atoms with Crippen molar-refractivity contribution in [3.63, 3.8) is 0 Å². The van der Waals surface area contributed by atoms with Crippen LogP contribution in [0.3, 0.4) is 0 Å². The molecule has 1 atom stereocenters. The molecule has 3 aromatic rings. The van der Waals surface area contributed by atoms with Crippen molar-refractivity contribution in [2.75, 3.05) is 24.9 Å². The molecule has 0 aromatic heterocycles. The Morgan fingerprint density at radius 2 is 1.59 bits per heavy atom. The van der Waals surface area contributed by atoms with Gasteiger partial charge in [0.2, 0.25) is 0 Å². The maximum atomic E-state index is 13.0. The van der Waals surface area contributed by atoms with Crippen LogP contribution in [0.2, 0.25) is 0 Å². The lowest BCUT2D eigenvalue weighted by Gasteiger charge is -2.34. The Labute approximate surface area is 200 Å². The molecule has 2 N–H and O–H groups in total. The van der Waals surface area contributed by atoms with Crippen LogP contribution in [0.4, 0.5) is 5.69 Å². The van der Waals surface area contributed by atoms with E-state index >= 15 is 0 Å². The molecule has 1 heterocycles. The van der Waals surface area contributed by atoms with Gasteiger partial charge in [0.05, 0.1) is 23.8 Å². The van der Waals surface area contributed by atoms with Crippen molar-refractivity contribution in [2.24, 2.45) is 5.92 Å². The average molecular weight is 481 g/mol. The number of piperidine rings is 1. The summed E-state index contributed by atoms with van der Waals surface area (Å²) in [7, 11) is -2.37. The van der Waals surface area contributed by atoms with Gasteiger partial charge in [-0.05, 0) is 60.7 Å². The number of rotatable bonds is 7. The zero-order valence-corrected chi connectivity index (χ0v) is 19.7. The number of para-hydroxylation sites is 2. The molecule has 0 radical (unpaired) electrons. The van der Waals surface area contributed by atoms with E-state index in [1.54, 1.807) is 29.2 Å². The third-order valence-electron chi connectivity index (χ3n) is 6.18. The number of carbonyl (C=O) groups is 1. The third kappa shape index (κ3) is 5.24. The van der Waals surface area contributed by atoms with E-state index in [0.29, 0.717) is 42.9 Å². The minimum absolute atomic E-state index is 0.0552. The van der Waals surface area contributed by atoms with E-state index in [2.05, 4.69) is 4.72 Å². The molecule has 7 nitrogen and oxygen atoms in total. The maximum absolute atomic E-state index is 13.0. The molecule has 34 heavy (non-hydrogen) atoms. The number of hydrogen-bond donors (Lipinski definition) is 2. The first-order valence-electron chi connectivity index (χ1n) is 11.2. The van der Waals surface area contributed by atoms with Crippen LogP contribution < -0.4 is 9.46 Å². The summed E-state index contributed by atoms with van der Waals surface area (Å²) in [5.74, 6) is 0.368. The first kappa shape index (κ1) is 23.8. The number of benzene rings is 3. The molecular weight excluding hydrogens is 452 g/mol. The van der Waals surface area contributed by atoms with Crippen molar-refractivity contribution in [3.05, 3.63) is 90.0 Å². The first-order chi connectivity index (χ1) is 16.4. The zero-order valence-electron chi connectivity index (χ0n) is 18.9. The fraction of sp³-hybridized carbons (Fsp3) is 0.269. The number of carbonyl (C=O) groups excluding carboxylic acids is 1. The van der Waals surface area contributed by atoms with Crippen molar-refractivity contribution in [2.45, 2.75) is 23.8 Å². The second-order valence-electron chi connectivity index (χ2n) is 8.32. The summed E-state index contributed by atoms with van der Waals surface area (Å²) in [4.78, 5) is 14.8. The smallest absolute Gasteiger partial charge is 0.262 e. The Balaban J connectivity index is 1.39. The SMILES string of the molecule is COc1ccccc1NS(=O)(=O)c1ccc(C(=O)N2CCC(C(O)c3ccccc3)CC2)cc1. The summed E-state index contributed by atoms with van der Waals surface area (Å²) in [6.45, 7) is 1.09. The lowest BCUT2D eigenvalue weighted by Crippen LogP contribution is -2.39. The van der Waals surface area contributed by atoms with E-state index in [1.807, 2.05) is 30.3 Å². The largest absolute Gasteiger partial charge is 0.495 e. The number of hydrogen-bond acceptors (Lipinski definition) is 5. The Hall–Kier alpha value is -3.36. The Morgan fingerprint density at radius 1 is 0.971 bits per heavy atom. The summed E-state index contributed by atoms with van der Waals surface area (Å²) >= 11 is 0. The van der Waals surface area contributed by atoms with Crippen LogP contribution in [0, 0.1) is 5.92 Å². The highest BCUT2D eigenvalue weighted by Gasteiger charge is 2.29. The van der Waals surface area contributed by atoms with E-state index in [9.17, 15) is 18.3 Å². The Kier molecular flexibility index (Phi) is 7.19. The van der Waals surface area contributed by atoms with Gasteiger partial charge in [0.25, 0.3) is 15.9 Å². The summed E-state index contributed by atoms with van der Waals surface area (Å²) in [6, 6.07) is 22.2. The number of likely N-dealkylation sites (tertiary alicyclic amines) is 1. The molecule has 178 valence electrons. The van der Waals surface area contributed by atoms with Crippen LogP contribution >= 0.6 is 0 Å². The van der Waals surface area contributed by atoms with E-state index in [1.165, 1.54) is 31.4 Å². The van der Waals surface area contributed by atoms with Crippen LogP contribution in [0.25, 0.3) is 0 Å². The summed E-state index contributed by atoms with van der Waals surface area (Å²) < 4.78 is 33.3. The second kappa shape index (κ2) is 10.3. The third-order valence-corrected chi connectivity index (χ3v) is 7.56. The van der Waals surface area contributed by atoms with Gasteiger partial charge in [-0.25, -0.2) is 8.42 Å². The van der Waals surface area contributed by atoms with Gasteiger partial charge in [-0.15, -0.1) is 0 Å². The standard InChI is InChI=1S/C26H28N2O5S/c1-33-24-10-6-5-9-23(24)27-34(31,32)22-13-11-21(12-14-22)26(30)28-17-15-20(16-18-28)25(29)19-7-3-2-4-8-19/h2-14,20,25,27,29H,15-18H2,1H3. The molecule has 8 heteroatoms. The predicted molar refractivity (Wildman–Crippen MR) is 130 cm³/mol. The van der Waals surface area contributed by atoms with Crippen LogP contribution in [0.15, 0.2) is 83.8 Å². The molecule has 0 aliphatic carbocycles. The number of sulfonamides is 1. The van der Waals surface area contributed by atoms with Crippen molar-refractivity contribution >= 4 is 21.6 Å². The van der Waals surface area contributed by atoms with Crippen LogP contribution in [0.1, 0.15) is 34.9 Å². The summed E-state index contributed by atoms with van der Waals surface area (Å²) in [5.41, 5.74) is 1.66. The normalized spacial score (nSPS) is 15.5. The lowest BCUT2D eigenvalue weighted by molar-refractivity contribution is 0.0462. The highest BCUT2D eigenvalue weighted by atomic mass is 32.2. The van der Waals surface area contributed by atoms with Gasteiger partial charge in [-0.2, -0.15) is 0 Å². The molecule has 4 rings (SSSR count). The molecule has 0 saturated carbocycles. The topological polar surface area (TPSA) is 95.9 Å². The van der Waals surface area contributed by atoms with Crippen molar-refractivity contribution in [1.82, 2.24) is 4.90 Å². The number of ether oxygens (including phenoxy) is 1. The highest BCUT2D eigenvalue weighted by Crippen LogP contribution is 2.31. The number of amides is 1. The number of aliphatic hydroxyl groups excluding tert-OH is 1. The predicted octanol–water partition coefficient (Wildman–Crippen LogP) is 4.08. The molecule has 1 unspecified atom stereocenters. The minimum Gasteiger partial charge on any atom is -0.495 e. The number of nitrogens with zero attached hydrogens (tertiary/aromatic N) is 1. The monoisotopic (exact) mass is 480 g/mol. The quantitative estimate of drug-likeness (QED) is 0.531. The van der Waals surface area contributed by atoms with E-state index in [-0.39, 0.29) is 16.7 Å². The van der Waals surface area contributed by atoms with Gasteiger partial charge in [-0.3, -0.25) is 9.52 Å². The minimum atomic E-state index is -3.84. The number of nitrogens with one attached hydrogen (secondary N) is 1. The van der Waals surface area contributed by atoms with E-state index in [4.69, 9.17) is 4.74 Å². The van der Waals surface area contributed by atoms with E-state index < -0.39 is 16.1 Å². The van der Waals surface area contributed by atoms with Gasteiger partial charge < -0.3 is 14.7 Å². The fourth-order valence-electron chi connectivity index (χ4n) is 4.23. The van der Waals surface area contributed by atoms with Gasteiger partial charge in [0.1, 0.15) is 5.75 Å². The summed E-state index contributed by atoms with van der Waals surface area (Å²) in [5, 5.41) is 10.7. The van der Waals surface area contributed by atoms with Crippen molar-refractivity contribution in [1.29, 1.82) is 0 Å². The van der Waals surface area contributed by atoms with Crippen molar-refractivity contribution < 1.29 is 23.1 Å². The Bertz CT molecular complexity index is 1220. The van der Waals surface area contributed by atoms with Gasteiger partial charge in [-0.1, -0.05) is 42.5 Å². The number of aliphatic hydroxyl groups is 1. The van der Waals surface area contributed by atoms with E-state index in [0.717, 1.165) is 5.56 Å². The van der Waals surface area contributed by atoms with Crippen LogP contribution in [-0.2, 0) is 10.0 Å². The molecule has 3 aromatic carbocycles. The first-order valence-corrected chi connectivity index (χ1v) is 12.7. The molecule has 1 aliphatic heterocycles. The maximum Gasteiger partial charge on any atom is 0.262 e. The van der Waals surface area contributed by atoms with Gasteiger partial charge in [0, 0.05) is 18.7 Å². The molecule has 1 amide bonds. The van der Waals surface area contributed by atoms with Crippen LogP contribution in [0.5, 0.6) is 5.75 Å².